The van der Waals surface area contributed by atoms with Gasteiger partial charge in [-0.05, 0) is 49.9 Å². The molecule has 0 nitrogen and oxygen atoms in total. The molecule has 0 N–H and O–H groups in total. The Kier molecular flexibility index (Phi) is 4.26. The van der Waals surface area contributed by atoms with Crippen LogP contribution in [0.15, 0.2) is 23.8 Å². The van der Waals surface area contributed by atoms with E-state index < -0.39 is 0 Å². The van der Waals surface area contributed by atoms with Crippen molar-refractivity contribution in [2.45, 2.75) is 58.8 Å². The van der Waals surface area contributed by atoms with Gasteiger partial charge in [0.2, 0.25) is 0 Å². The molecule has 90 valence electrons. The summed E-state index contributed by atoms with van der Waals surface area (Å²) >= 11 is 0. The molecule has 0 radical (unpaired) electrons. The van der Waals surface area contributed by atoms with Gasteiger partial charge in [0.25, 0.3) is 0 Å². The van der Waals surface area contributed by atoms with Gasteiger partial charge in [-0.25, -0.2) is 0 Å². The minimum absolute atomic E-state index is 0.815. The van der Waals surface area contributed by atoms with Gasteiger partial charge in [-0.3, -0.25) is 0 Å². The van der Waals surface area contributed by atoms with E-state index in [4.69, 9.17) is 0 Å². The lowest BCUT2D eigenvalue weighted by molar-refractivity contribution is 0.289. The van der Waals surface area contributed by atoms with Crippen LogP contribution in [0.1, 0.15) is 58.8 Å². The van der Waals surface area contributed by atoms with E-state index in [-0.39, 0.29) is 0 Å². The van der Waals surface area contributed by atoms with Crippen molar-refractivity contribution >= 4 is 0 Å². The summed E-state index contributed by atoms with van der Waals surface area (Å²) in [5.41, 5.74) is 1.62. The van der Waals surface area contributed by atoms with Crippen molar-refractivity contribution in [2.24, 2.45) is 17.8 Å². The number of hydrogen-bond donors (Lipinski definition) is 0. The Labute approximate surface area is 101 Å². The standard InChI is InChI=1S/C16H26/c1-3-14-8-10-16(11-9-14)12-15-6-4-13(2)5-7-15/h8,10-11,13-15H,3-7,9,12H2,1-2H3. The summed E-state index contributed by atoms with van der Waals surface area (Å²) in [6, 6.07) is 0. The summed E-state index contributed by atoms with van der Waals surface area (Å²) in [6.45, 7) is 4.69. The van der Waals surface area contributed by atoms with Crippen molar-refractivity contribution < 1.29 is 0 Å². The van der Waals surface area contributed by atoms with Crippen molar-refractivity contribution in [3.8, 4) is 0 Å². The Morgan fingerprint density at radius 3 is 2.50 bits per heavy atom. The molecule has 1 fully saturated rings. The fraction of sp³-hybridized carbons (Fsp3) is 0.750. The maximum atomic E-state index is 2.49. The van der Waals surface area contributed by atoms with Gasteiger partial charge in [-0.2, -0.15) is 0 Å². The molecule has 2 aliphatic rings. The zero-order valence-electron chi connectivity index (χ0n) is 10.9. The first-order chi connectivity index (χ1) is 7.78. The lowest BCUT2D eigenvalue weighted by Gasteiger charge is -2.27. The van der Waals surface area contributed by atoms with Crippen LogP contribution in [0.4, 0.5) is 0 Å². The zero-order chi connectivity index (χ0) is 11.4. The van der Waals surface area contributed by atoms with Gasteiger partial charge >= 0.3 is 0 Å². The van der Waals surface area contributed by atoms with Crippen LogP contribution in [0.25, 0.3) is 0 Å². The smallest absolute Gasteiger partial charge is 0.0198 e. The highest BCUT2D eigenvalue weighted by molar-refractivity contribution is 5.24. The predicted octanol–water partition coefficient (Wildman–Crippen LogP) is 5.12. The maximum absolute atomic E-state index is 2.49. The predicted molar refractivity (Wildman–Crippen MR) is 71.4 cm³/mol. The summed E-state index contributed by atoms with van der Waals surface area (Å²) in [4.78, 5) is 0. The second kappa shape index (κ2) is 5.70. The monoisotopic (exact) mass is 218 g/mol. The van der Waals surface area contributed by atoms with Gasteiger partial charge in [0.1, 0.15) is 0 Å². The van der Waals surface area contributed by atoms with Crippen LogP contribution in [0, 0.1) is 17.8 Å². The summed E-state index contributed by atoms with van der Waals surface area (Å²) in [6.07, 6.45) is 17.1. The third-order valence-electron chi connectivity index (χ3n) is 4.45. The van der Waals surface area contributed by atoms with Crippen molar-refractivity contribution in [1.82, 2.24) is 0 Å². The quantitative estimate of drug-likeness (QED) is 0.617. The minimum atomic E-state index is 0.815. The van der Waals surface area contributed by atoms with E-state index >= 15 is 0 Å². The molecule has 0 aliphatic heterocycles. The highest BCUT2D eigenvalue weighted by atomic mass is 14.2. The van der Waals surface area contributed by atoms with Gasteiger partial charge in [0, 0.05) is 0 Å². The van der Waals surface area contributed by atoms with Crippen molar-refractivity contribution in [3.63, 3.8) is 0 Å². The molecule has 1 saturated carbocycles. The van der Waals surface area contributed by atoms with E-state index in [2.05, 4.69) is 32.1 Å². The topological polar surface area (TPSA) is 0 Å². The van der Waals surface area contributed by atoms with Crippen LogP contribution < -0.4 is 0 Å². The Balaban J connectivity index is 1.78. The van der Waals surface area contributed by atoms with Gasteiger partial charge in [-0.15, -0.1) is 0 Å². The van der Waals surface area contributed by atoms with Crippen molar-refractivity contribution in [2.75, 3.05) is 0 Å². The van der Waals surface area contributed by atoms with Crippen molar-refractivity contribution in [3.05, 3.63) is 23.8 Å². The van der Waals surface area contributed by atoms with E-state index in [0.717, 1.165) is 17.8 Å². The highest BCUT2D eigenvalue weighted by Crippen LogP contribution is 2.33. The van der Waals surface area contributed by atoms with Crippen LogP contribution in [-0.2, 0) is 0 Å². The van der Waals surface area contributed by atoms with E-state index in [1.165, 1.54) is 44.9 Å². The fourth-order valence-electron chi connectivity index (χ4n) is 3.03. The third kappa shape index (κ3) is 3.23. The highest BCUT2D eigenvalue weighted by Gasteiger charge is 2.19. The first-order valence-electron chi connectivity index (χ1n) is 7.15. The SMILES string of the molecule is CCC1C=CC(CC2CCC(C)CC2)=CC1. The summed E-state index contributed by atoms with van der Waals surface area (Å²) in [5, 5.41) is 0. The van der Waals surface area contributed by atoms with Gasteiger partial charge < -0.3 is 0 Å². The van der Waals surface area contributed by atoms with Crippen LogP contribution in [0.2, 0.25) is 0 Å². The molecule has 0 aromatic heterocycles. The molecular formula is C16H26. The molecule has 0 aromatic rings. The molecule has 0 heterocycles. The molecule has 16 heavy (non-hydrogen) atoms. The molecule has 0 saturated heterocycles. The molecule has 1 unspecified atom stereocenters. The van der Waals surface area contributed by atoms with Gasteiger partial charge in [-0.1, -0.05) is 50.5 Å². The molecule has 0 spiro atoms. The van der Waals surface area contributed by atoms with Crippen molar-refractivity contribution in [1.29, 1.82) is 0 Å². The number of allylic oxidation sites excluding steroid dienone is 4. The average molecular weight is 218 g/mol. The normalized spacial score (nSPS) is 34.9. The molecular weight excluding hydrogens is 192 g/mol. The summed E-state index contributed by atoms with van der Waals surface area (Å²) in [7, 11) is 0. The Bertz CT molecular complexity index is 264. The first-order valence-corrected chi connectivity index (χ1v) is 7.15. The Hall–Kier alpha value is -0.520. The number of hydrogen-bond acceptors (Lipinski definition) is 0. The molecule has 0 aromatic carbocycles. The van der Waals surface area contributed by atoms with Gasteiger partial charge in [0.15, 0.2) is 0 Å². The van der Waals surface area contributed by atoms with Crippen LogP contribution >= 0.6 is 0 Å². The largest absolute Gasteiger partial charge is 0.0809 e. The van der Waals surface area contributed by atoms with E-state index in [0.29, 0.717) is 0 Å². The summed E-state index contributed by atoms with van der Waals surface area (Å²) in [5.74, 6) is 2.78. The maximum Gasteiger partial charge on any atom is -0.0198 e. The Morgan fingerprint density at radius 2 is 1.94 bits per heavy atom. The molecule has 0 amide bonds. The minimum Gasteiger partial charge on any atom is -0.0809 e. The van der Waals surface area contributed by atoms with Gasteiger partial charge in [0.05, 0.1) is 0 Å². The molecule has 0 heteroatoms. The zero-order valence-corrected chi connectivity index (χ0v) is 10.9. The van der Waals surface area contributed by atoms with Crippen LogP contribution in [0.3, 0.4) is 0 Å². The number of rotatable bonds is 3. The van der Waals surface area contributed by atoms with Crippen LogP contribution in [0.5, 0.6) is 0 Å². The molecule has 2 rings (SSSR count). The fourth-order valence-corrected chi connectivity index (χ4v) is 3.03. The average Bonchev–Trinajstić information content (AvgIpc) is 2.33. The second-order valence-corrected chi connectivity index (χ2v) is 5.87. The lowest BCUT2D eigenvalue weighted by atomic mass is 9.79. The van der Waals surface area contributed by atoms with Crippen LogP contribution in [-0.4, -0.2) is 0 Å². The summed E-state index contributed by atoms with van der Waals surface area (Å²) < 4.78 is 0. The van der Waals surface area contributed by atoms with E-state index in [9.17, 15) is 0 Å². The van der Waals surface area contributed by atoms with E-state index in [1.54, 1.807) is 5.57 Å². The molecule has 1 atom stereocenters. The second-order valence-electron chi connectivity index (χ2n) is 5.87. The molecule has 0 bridgehead atoms. The first kappa shape index (κ1) is 12.0. The van der Waals surface area contributed by atoms with E-state index in [1.807, 2.05) is 0 Å². The molecule has 2 aliphatic carbocycles. The third-order valence-corrected chi connectivity index (χ3v) is 4.45. The Morgan fingerprint density at radius 1 is 1.19 bits per heavy atom. The lowest BCUT2D eigenvalue weighted by Crippen LogP contribution is -2.13.